The molecule has 0 aliphatic rings. The third kappa shape index (κ3) is 4.25. The maximum absolute atomic E-state index is 7.02. The minimum absolute atomic E-state index is 0.281. The van der Waals surface area contributed by atoms with Crippen LogP contribution in [-0.4, -0.2) is 9.72 Å². The Bertz CT molecular complexity index is 1610. The Labute approximate surface area is 218 Å². The molecule has 0 amide bonds. The van der Waals surface area contributed by atoms with E-state index in [0.29, 0.717) is 5.02 Å². The number of hydrogen-bond acceptors (Lipinski definition) is 2. The molecule has 0 aliphatic heterocycles. The Morgan fingerprint density at radius 3 is 2.22 bits per heavy atom. The molecule has 0 N–H and O–H groups in total. The van der Waals surface area contributed by atoms with Gasteiger partial charge in [-0.2, -0.15) is 0 Å². The van der Waals surface area contributed by atoms with E-state index in [4.69, 9.17) is 20.9 Å². The van der Waals surface area contributed by atoms with Gasteiger partial charge < -0.3 is 9.09 Å². The van der Waals surface area contributed by atoms with Crippen LogP contribution in [0.1, 0.15) is 33.3 Å². The van der Waals surface area contributed by atoms with Crippen LogP contribution in [0.4, 0.5) is 5.69 Å². The predicted molar refractivity (Wildman–Crippen MR) is 157 cm³/mol. The molecular weight excluding hydrogens is 483 g/mol. The molecule has 0 radical (unpaired) electrons. The van der Waals surface area contributed by atoms with Crippen LogP contribution < -0.4 is 9.83 Å². The summed E-state index contributed by atoms with van der Waals surface area (Å²) in [5, 5.41) is 4.02. The number of halogens is 1. The highest BCUT2D eigenvalue weighted by Crippen LogP contribution is 2.62. The average Bonchev–Trinajstić information content (AvgIpc) is 3.18. The molecule has 0 aliphatic carbocycles. The van der Waals surface area contributed by atoms with Crippen LogP contribution in [0.3, 0.4) is 0 Å². The fourth-order valence-corrected chi connectivity index (χ4v) is 8.06. The molecule has 5 rings (SSSR count). The zero-order chi connectivity index (χ0) is 25.5. The van der Waals surface area contributed by atoms with E-state index in [9.17, 15) is 0 Å². The summed E-state index contributed by atoms with van der Waals surface area (Å²) in [4.78, 5) is 0. The molecule has 36 heavy (non-hydrogen) atoms. The minimum atomic E-state index is -2.64. The van der Waals surface area contributed by atoms with Gasteiger partial charge in [0.15, 0.2) is 7.28 Å². The van der Waals surface area contributed by atoms with E-state index in [1.165, 1.54) is 21.8 Å². The fourth-order valence-electron chi connectivity index (χ4n) is 4.82. The number of benzene rings is 4. The van der Waals surface area contributed by atoms with E-state index in [1.807, 2.05) is 55.5 Å². The van der Waals surface area contributed by atoms with Gasteiger partial charge in [0.1, 0.15) is 5.75 Å². The monoisotopic (exact) mass is 514 g/mol. The second-order valence-electron chi connectivity index (χ2n) is 10.1. The lowest BCUT2D eigenvalue weighted by Crippen LogP contribution is -2.27. The molecule has 5 aromatic rings. The number of aryl methyl sites for hydroxylation is 2. The highest BCUT2D eigenvalue weighted by atomic mass is 35.5. The third-order valence-corrected chi connectivity index (χ3v) is 10.9. The summed E-state index contributed by atoms with van der Waals surface area (Å²) in [7, 11) is -2.64. The molecular formula is C31H32ClN2OP. The summed E-state index contributed by atoms with van der Waals surface area (Å²) in [5.74, 6) is 0.818. The number of hydrogen-bond donors (Lipinski definition) is 0. The minimum Gasteiger partial charge on any atom is -0.455 e. The molecule has 0 unspecified atom stereocenters. The highest BCUT2D eigenvalue weighted by molar-refractivity contribution is 7.71. The van der Waals surface area contributed by atoms with Gasteiger partial charge in [-0.05, 0) is 67.9 Å². The van der Waals surface area contributed by atoms with Crippen molar-refractivity contribution >= 4 is 51.7 Å². The summed E-state index contributed by atoms with van der Waals surface area (Å²) in [6.07, 6.45) is 0. The number of rotatable bonds is 5. The first-order chi connectivity index (χ1) is 17.2. The number of para-hydroxylation sites is 2. The van der Waals surface area contributed by atoms with Crippen LogP contribution in [-0.2, 0) is 6.54 Å². The first kappa shape index (κ1) is 24.7. The zero-order valence-electron chi connectivity index (χ0n) is 21.5. The van der Waals surface area contributed by atoms with Crippen molar-refractivity contribution in [3.63, 3.8) is 0 Å². The average molecular weight is 515 g/mol. The second-order valence-corrected chi connectivity index (χ2v) is 13.9. The topological polar surface area (TPSA) is 26.5 Å². The molecule has 0 saturated carbocycles. The van der Waals surface area contributed by atoms with Crippen molar-refractivity contribution in [1.82, 2.24) is 4.57 Å². The molecule has 3 nitrogen and oxygen atoms in total. The quantitative estimate of drug-likeness (QED) is 0.214. The summed E-state index contributed by atoms with van der Waals surface area (Å²) < 4.78 is 14.8. The predicted octanol–water partition coefficient (Wildman–Crippen LogP) is 9.73. The second kappa shape index (κ2) is 9.47. The van der Waals surface area contributed by atoms with Crippen molar-refractivity contribution in [2.75, 3.05) is 0 Å². The van der Waals surface area contributed by atoms with Gasteiger partial charge in [-0.25, -0.2) is 4.74 Å². The Hall–Kier alpha value is -3.00. The Balaban J connectivity index is 1.85. The van der Waals surface area contributed by atoms with Crippen molar-refractivity contribution in [2.24, 2.45) is 4.74 Å². The van der Waals surface area contributed by atoms with E-state index in [-0.39, 0.29) is 5.16 Å². The normalized spacial score (nSPS) is 13.6. The lowest BCUT2D eigenvalue weighted by atomic mass is 10.1. The lowest BCUT2D eigenvalue weighted by Gasteiger charge is -2.37. The van der Waals surface area contributed by atoms with E-state index in [2.05, 4.69) is 74.7 Å². The summed E-state index contributed by atoms with van der Waals surface area (Å²) in [5.41, 5.74) is 4.35. The van der Waals surface area contributed by atoms with E-state index in [0.717, 1.165) is 28.8 Å². The molecule has 1 heterocycles. The van der Waals surface area contributed by atoms with Crippen LogP contribution >= 0.6 is 18.9 Å². The van der Waals surface area contributed by atoms with Gasteiger partial charge in [-0.15, -0.1) is 0 Å². The van der Waals surface area contributed by atoms with E-state index in [1.54, 1.807) is 0 Å². The van der Waals surface area contributed by atoms with Gasteiger partial charge in [-0.1, -0.05) is 74.8 Å². The molecule has 1 atom stereocenters. The summed E-state index contributed by atoms with van der Waals surface area (Å²) in [6, 6.07) is 31.5. The molecule has 0 saturated heterocycles. The highest BCUT2D eigenvalue weighted by Gasteiger charge is 2.39. The van der Waals surface area contributed by atoms with Gasteiger partial charge >= 0.3 is 0 Å². The molecule has 1 aromatic heterocycles. The van der Waals surface area contributed by atoms with Crippen LogP contribution in [0.25, 0.3) is 21.8 Å². The van der Waals surface area contributed by atoms with Gasteiger partial charge in [0.25, 0.3) is 0 Å². The molecule has 0 bridgehead atoms. The zero-order valence-corrected chi connectivity index (χ0v) is 23.1. The van der Waals surface area contributed by atoms with Crippen molar-refractivity contribution in [1.29, 1.82) is 0 Å². The molecule has 0 spiro atoms. The third-order valence-electron chi connectivity index (χ3n) is 6.72. The van der Waals surface area contributed by atoms with Crippen molar-refractivity contribution in [3.05, 3.63) is 102 Å². The Morgan fingerprint density at radius 2 is 1.53 bits per heavy atom. The van der Waals surface area contributed by atoms with Crippen LogP contribution in [0.15, 0.2) is 95.7 Å². The van der Waals surface area contributed by atoms with Crippen molar-refractivity contribution in [3.8, 4) is 5.75 Å². The van der Waals surface area contributed by atoms with Crippen molar-refractivity contribution < 1.29 is 4.52 Å². The standard InChI is InChI=1S/C31H32ClN2OP/c1-6-34-29-15-11-10-14-26(29)27-21-25(18-19-30(27)34)36(31(3,4)5,35-24-12-8-7-9-13-24)33-23-17-16-22(2)28(32)20-23/h7-21H,6H2,1-5H3/t36-/m1/s1. The molecule has 184 valence electrons. The van der Waals surface area contributed by atoms with Crippen LogP contribution in [0.5, 0.6) is 5.75 Å². The van der Waals surface area contributed by atoms with Crippen molar-refractivity contribution in [2.45, 2.75) is 46.3 Å². The van der Waals surface area contributed by atoms with E-state index < -0.39 is 7.28 Å². The van der Waals surface area contributed by atoms with Crippen LogP contribution in [0.2, 0.25) is 5.02 Å². The smallest absolute Gasteiger partial charge is 0.173 e. The summed E-state index contributed by atoms with van der Waals surface area (Å²) in [6.45, 7) is 11.8. The fraction of sp³-hybridized carbons (Fsp3) is 0.226. The maximum Gasteiger partial charge on any atom is 0.173 e. The van der Waals surface area contributed by atoms with Crippen LogP contribution in [0, 0.1) is 6.92 Å². The number of fused-ring (bicyclic) bond motifs is 3. The SMILES string of the molecule is CCn1c2ccccc2c2cc([P@@](=Nc3ccc(C)c(Cl)c3)(Oc3ccccc3)C(C)(C)C)ccc21. The summed E-state index contributed by atoms with van der Waals surface area (Å²) >= 11 is 6.53. The number of nitrogens with zero attached hydrogens (tertiary/aromatic N) is 2. The Kier molecular flexibility index (Phi) is 6.49. The molecule has 4 aromatic carbocycles. The molecule has 0 fully saturated rings. The van der Waals surface area contributed by atoms with Gasteiger partial charge in [0.05, 0.1) is 5.69 Å². The first-order valence-corrected chi connectivity index (χ1v) is 14.4. The van der Waals surface area contributed by atoms with Gasteiger partial charge in [0, 0.05) is 43.8 Å². The van der Waals surface area contributed by atoms with Gasteiger partial charge in [0.2, 0.25) is 0 Å². The largest absolute Gasteiger partial charge is 0.455 e. The lowest BCUT2D eigenvalue weighted by molar-refractivity contribution is 0.571. The van der Waals surface area contributed by atoms with E-state index >= 15 is 0 Å². The van der Waals surface area contributed by atoms with Gasteiger partial charge in [-0.3, -0.25) is 0 Å². The first-order valence-electron chi connectivity index (χ1n) is 12.4. The Morgan fingerprint density at radius 1 is 0.833 bits per heavy atom. The number of aromatic nitrogens is 1. The maximum atomic E-state index is 7.02. The molecule has 5 heteroatoms.